The number of aromatic nitrogens is 4. The molecule has 1 aliphatic rings. The smallest absolute Gasteiger partial charge is 0.297 e. The van der Waals surface area contributed by atoms with Gasteiger partial charge in [-0.15, -0.1) is 0 Å². The monoisotopic (exact) mass is 406 g/mol. The number of fused-ring (bicyclic) bond motifs is 3. The highest BCUT2D eigenvalue weighted by atomic mass is 16.2. The van der Waals surface area contributed by atoms with E-state index in [1.165, 1.54) is 11.6 Å². The molecule has 0 unspecified atom stereocenters. The quantitative estimate of drug-likeness (QED) is 0.669. The molecule has 8 heteroatoms. The average molecular weight is 406 g/mol. The van der Waals surface area contributed by atoms with Crippen molar-refractivity contribution in [2.24, 2.45) is 24.6 Å². The maximum absolute atomic E-state index is 12.9. The molecule has 30 heavy (non-hydrogen) atoms. The van der Waals surface area contributed by atoms with E-state index in [0.29, 0.717) is 30.2 Å². The van der Waals surface area contributed by atoms with Crippen molar-refractivity contribution in [3.05, 3.63) is 62.8 Å². The van der Waals surface area contributed by atoms with Gasteiger partial charge in [0.1, 0.15) is 0 Å². The Balaban J connectivity index is 1.84. The highest BCUT2D eigenvalue weighted by Gasteiger charge is 2.31. The zero-order chi connectivity index (χ0) is 21.6. The molecule has 3 aromatic rings. The molecule has 0 radical (unpaired) electrons. The minimum atomic E-state index is -0.393. The summed E-state index contributed by atoms with van der Waals surface area (Å²) in [7, 11) is 3.13. The van der Waals surface area contributed by atoms with Gasteiger partial charge in [-0.3, -0.25) is 18.5 Å². The Bertz CT molecular complexity index is 1290. The lowest BCUT2D eigenvalue weighted by Crippen LogP contribution is -2.39. The molecule has 0 spiro atoms. The summed E-state index contributed by atoms with van der Waals surface area (Å²) in [5, 5.41) is 6.64. The number of aryl methyl sites for hydroxylation is 1. The Morgan fingerprint density at radius 2 is 1.77 bits per heavy atom. The largest absolute Gasteiger partial charge is 0.332 e. The molecule has 1 aromatic carbocycles. The molecule has 8 nitrogen and oxygen atoms in total. The molecule has 3 heterocycles. The molecule has 2 aromatic heterocycles. The van der Waals surface area contributed by atoms with Crippen LogP contribution in [0.4, 0.5) is 5.95 Å². The molecule has 0 amide bonds. The predicted octanol–water partition coefficient (Wildman–Crippen LogP) is 2.37. The molecule has 0 fully saturated rings. The molecule has 0 bridgehead atoms. The zero-order valence-electron chi connectivity index (χ0n) is 18.0. The maximum atomic E-state index is 12.9. The van der Waals surface area contributed by atoms with Gasteiger partial charge in [0.05, 0.1) is 18.8 Å². The fourth-order valence-corrected chi connectivity index (χ4v) is 3.52. The number of hydrogen-bond donors (Lipinski definition) is 0. The van der Waals surface area contributed by atoms with E-state index < -0.39 is 5.69 Å². The van der Waals surface area contributed by atoms with Gasteiger partial charge >= 0.3 is 5.69 Å². The standard InChI is InChI=1S/C22H26N6O2/c1-22(2,3)16-14-27-17-18(25(4)21(30)26(5)19(17)29)23-20(27)28(24-16)13-9-12-15-10-7-6-8-11-15/h6-12H,13-14H2,1-5H3/b12-9+. The van der Waals surface area contributed by atoms with Gasteiger partial charge in [0.25, 0.3) is 5.56 Å². The summed E-state index contributed by atoms with van der Waals surface area (Å²) >= 11 is 0. The van der Waals surface area contributed by atoms with Gasteiger partial charge in [-0.2, -0.15) is 10.1 Å². The molecule has 0 aliphatic carbocycles. The van der Waals surface area contributed by atoms with Crippen molar-refractivity contribution in [3.8, 4) is 0 Å². The minimum absolute atomic E-state index is 0.179. The highest BCUT2D eigenvalue weighted by molar-refractivity contribution is 5.93. The van der Waals surface area contributed by atoms with Crippen LogP contribution in [0.5, 0.6) is 0 Å². The van der Waals surface area contributed by atoms with Crippen molar-refractivity contribution in [2.75, 3.05) is 11.6 Å². The number of anilines is 1. The summed E-state index contributed by atoms with van der Waals surface area (Å²) in [5.41, 5.74) is 1.92. The van der Waals surface area contributed by atoms with Crippen LogP contribution < -0.4 is 16.3 Å². The molecular formula is C22H26N6O2. The van der Waals surface area contributed by atoms with Crippen LogP contribution in [0.15, 0.2) is 51.1 Å². The third kappa shape index (κ3) is 3.28. The summed E-state index contributed by atoms with van der Waals surface area (Å²) in [4.78, 5) is 29.9. The highest BCUT2D eigenvalue weighted by Crippen LogP contribution is 2.28. The second-order valence-electron chi connectivity index (χ2n) is 8.57. The van der Waals surface area contributed by atoms with E-state index in [1.807, 2.05) is 47.1 Å². The molecule has 0 atom stereocenters. The van der Waals surface area contributed by atoms with Crippen LogP contribution in [0.2, 0.25) is 0 Å². The van der Waals surface area contributed by atoms with Gasteiger partial charge in [-0.1, -0.05) is 63.3 Å². The first-order valence-corrected chi connectivity index (χ1v) is 9.92. The Labute approximate surface area is 174 Å². The van der Waals surface area contributed by atoms with Crippen LogP contribution in [0.25, 0.3) is 17.2 Å². The molecule has 0 N–H and O–H groups in total. The molecule has 1 aliphatic heterocycles. The Kier molecular flexibility index (Phi) is 4.72. The lowest BCUT2D eigenvalue weighted by atomic mass is 9.89. The van der Waals surface area contributed by atoms with Gasteiger partial charge in [0, 0.05) is 19.5 Å². The average Bonchev–Trinajstić information content (AvgIpc) is 3.11. The molecule has 156 valence electrons. The van der Waals surface area contributed by atoms with Crippen molar-refractivity contribution in [2.45, 2.75) is 27.3 Å². The summed E-state index contributed by atoms with van der Waals surface area (Å²) < 4.78 is 4.41. The SMILES string of the molecule is Cn1c(=O)c2c(nc3n2CC(C(C)(C)C)=NN3C/C=C/c2ccccc2)n(C)c1=O. The van der Waals surface area contributed by atoms with E-state index in [0.717, 1.165) is 15.8 Å². The van der Waals surface area contributed by atoms with E-state index >= 15 is 0 Å². The Morgan fingerprint density at radius 1 is 1.07 bits per heavy atom. The first-order valence-electron chi connectivity index (χ1n) is 9.92. The molecule has 0 saturated carbocycles. The van der Waals surface area contributed by atoms with E-state index in [4.69, 9.17) is 5.10 Å². The third-order valence-corrected chi connectivity index (χ3v) is 5.36. The maximum Gasteiger partial charge on any atom is 0.332 e. The predicted molar refractivity (Wildman–Crippen MR) is 120 cm³/mol. The van der Waals surface area contributed by atoms with Crippen LogP contribution in [0.3, 0.4) is 0 Å². The van der Waals surface area contributed by atoms with Gasteiger partial charge in [0.15, 0.2) is 11.2 Å². The van der Waals surface area contributed by atoms with E-state index in [9.17, 15) is 9.59 Å². The van der Waals surface area contributed by atoms with Gasteiger partial charge < -0.3 is 0 Å². The normalized spacial score (nSPS) is 14.4. The van der Waals surface area contributed by atoms with Crippen LogP contribution in [0, 0.1) is 5.41 Å². The van der Waals surface area contributed by atoms with Gasteiger partial charge in [0.2, 0.25) is 5.95 Å². The summed E-state index contributed by atoms with van der Waals surface area (Å²) in [5.74, 6) is 0.564. The number of hydrazone groups is 1. The third-order valence-electron chi connectivity index (χ3n) is 5.36. The van der Waals surface area contributed by atoms with Crippen molar-refractivity contribution in [1.82, 2.24) is 18.7 Å². The van der Waals surface area contributed by atoms with Crippen LogP contribution in [-0.2, 0) is 20.6 Å². The Hall–Kier alpha value is -3.42. The van der Waals surface area contributed by atoms with Crippen molar-refractivity contribution < 1.29 is 0 Å². The Morgan fingerprint density at radius 3 is 2.43 bits per heavy atom. The fraction of sp³-hybridized carbons (Fsp3) is 0.364. The minimum Gasteiger partial charge on any atom is -0.297 e. The lowest BCUT2D eigenvalue weighted by Gasteiger charge is -2.30. The first-order chi connectivity index (χ1) is 14.2. The number of hydrogen-bond acceptors (Lipinski definition) is 5. The number of imidazole rings is 1. The van der Waals surface area contributed by atoms with Crippen molar-refractivity contribution in [3.63, 3.8) is 0 Å². The number of benzene rings is 1. The van der Waals surface area contributed by atoms with Crippen molar-refractivity contribution in [1.29, 1.82) is 0 Å². The lowest BCUT2D eigenvalue weighted by molar-refractivity contribution is 0.552. The van der Waals surface area contributed by atoms with E-state index in [-0.39, 0.29) is 11.0 Å². The van der Waals surface area contributed by atoms with Gasteiger partial charge in [-0.05, 0) is 5.56 Å². The molecule has 4 rings (SSSR count). The first kappa shape index (κ1) is 19.9. The van der Waals surface area contributed by atoms with Crippen LogP contribution in [0.1, 0.15) is 26.3 Å². The second-order valence-corrected chi connectivity index (χ2v) is 8.57. The summed E-state index contributed by atoms with van der Waals surface area (Å²) in [6.45, 7) is 7.25. The van der Waals surface area contributed by atoms with E-state index in [2.05, 4.69) is 25.8 Å². The van der Waals surface area contributed by atoms with E-state index in [1.54, 1.807) is 12.1 Å². The van der Waals surface area contributed by atoms with Crippen LogP contribution >= 0.6 is 0 Å². The number of nitrogens with zero attached hydrogens (tertiary/aromatic N) is 6. The summed E-state index contributed by atoms with van der Waals surface area (Å²) in [6, 6.07) is 10.0. The van der Waals surface area contributed by atoms with Crippen LogP contribution in [-0.4, -0.2) is 30.9 Å². The second kappa shape index (κ2) is 7.12. The van der Waals surface area contributed by atoms with Crippen molar-refractivity contribution >= 4 is 28.9 Å². The molecular weight excluding hydrogens is 380 g/mol. The molecule has 0 saturated heterocycles. The van der Waals surface area contributed by atoms with Gasteiger partial charge in [-0.25, -0.2) is 9.80 Å². The topological polar surface area (TPSA) is 77.4 Å². The summed E-state index contributed by atoms with van der Waals surface area (Å²) in [6.07, 6.45) is 4.05. The number of rotatable bonds is 3. The zero-order valence-corrected chi connectivity index (χ0v) is 18.0. The fourth-order valence-electron chi connectivity index (χ4n) is 3.52.